The van der Waals surface area contributed by atoms with Gasteiger partial charge in [0.05, 0.1) is 11.6 Å². The van der Waals surface area contributed by atoms with Gasteiger partial charge in [-0.2, -0.15) is 0 Å². The molecular formula is C11H15N3O3S. The van der Waals surface area contributed by atoms with E-state index < -0.39 is 11.9 Å². The molecular weight excluding hydrogens is 254 g/mol. The molecule has 2 heterocycles. The average molecular weight is 269 g/mol. The number of nitrogen functional groups attached to an aromatic ring is 1. The number of carbonyl (C=O) groups excluding carboxylic acids is 1. The molecule has 1 amide bonds. The molecule has 1 atom stereocenters. The van der Waals surface area contributed by atoms with E-state index in [1.54, 1.807) is 4.90 Å². The summed E-state index contributed by atoms with van der Waals surface area (Å²) in [4.78, 5) is 28.1. The Morgan fingerprint density at radius 3 is 3.00 bits per heavy atom. The summed E-state index contributed by atoms with van der Waals surface area (Å²) in [6.45, 7) is 0.910. The number of nitrogens with two attached hydrogens (primary N) is 1. The summed E-state index contributed by atoms with van der Waals surface area (Å²) in [5, 5.41) is 11.3. The molecule has 1 saturated heterocycles. The molecule has 0 saturated carbocycles. The SMILES string of the molecule is Nc1nc(CCCN2C[C@@H](C(=O)O)CC2=O)cs1. The second-order valence-electron chi connectivity index (χ2n) is 4.36. The van der Waals surface area contributed by atoms with Gasteiger partial charge in [0.2, 0.25) is 5.91 Å². The van der Waals surface area contributed by atoms with E-state index in [4.69, 9.17) is 10.8 Å². The maximum atomic E-state index is 11.6. The minimum Gasteiger partial charge on any atom is -0.481 e. The zero-order valence-electron chi connectivity index (χ0n) is 9.83. The number of carbonyl (C=O) groups is 2. The number of amides is 1. The van der Waals surface area contributed by atoms with Crippen LogP contribution in [0.15, 0.2) is 5.38 Å². The molecule has 0 aliphatic carbocycles. The molecule has 2 rings (SSSR count). The largest absolute Gasteiger partial charge is 0.481 e. The number of aryl methyl sites for hydroxylation is 1. The van der Waals surface area contributed by atoms with Gasteiger partial charge in [0.1, 0.15) is 0 Å². The molecule has 0 bridgehead atoms. The molecule has 18 heavy (non-hydrogen) atoms. The van der Waals surface area contributed by atoms with Crippen molar-refractivity contribution in [2.75, 3.05) is 18.8 Å². The van der Waals surface area contributed by atoms with E-state index in [9.17, 15) is 9.59 Å². The lowest BCUT2D eigenvalue weighted by Crippen LogP contribution is -2.27. The second-order valence-corrected chi connectivity index (χ2v) is 5.25. The van der Waals surface area contributed by atoms with Crippen LogP contribution in [-0.2, 0) is 16.0 Å². The second kappa shape index (κ2) is 5.34. The zero-order chi connectivity index (χ0) is 13.1. The first-order chi connectivity index (χ1) is 8.56. The van der Waals surface area contributed by atoms with Gasteiger partial charge in [-0.25, -0.2) is 4.98 Å². The summed E-state index contributed by atoms with van der Waals surface area (Å²) in [5.74, 6) is -1.51. The van der Waals surface area contributed by atoms with Crippen LogP contribution in [0.5, 0.6) is 0 Å². The number of rotatable bonds is 5. The van der Waals surface area contributed by atoms with Crippen molar-refractivity contribution in [3.05, 3.63) is 11.1 Å². The molecule has 1 aliphatic heterocycles. The summed E-state index contributed by atoms with van der Waals surface area (Å²) in [5.41, 5.74) is 6.45. The molecule has 0 aromatic carbocycles. The zero-order valence-corrected chi connectivity index (χ0v) is 10.7. The molecule has 1 aromatic rings. The minimum atomic E-state index is -0.891. The van der Waals surface area contributed by atoms with Crippen LogP contribution in [0, 0.1) is 5.92 Å². The van der Waals surface area contributed by atoms with Crippen molar-refractivity contribution in [1.29, 1.82) is 0 Å². The number of aromatic nitrogens is 1. The lowest BCUT2D eigenvalue weighted by atomic mass is 10.1. The summed E-state index contributed by atoms with van der Waals surface area (Å²) in [7, 11) is 0. The van der Waals surface area contributed by atoms with Crippen molar-refractivity contribution >= 4 is 28.3 Å². The van der Waals surface area contributed by atoms with Crippen LogP contribution in [0.3, 0.4) is 0 Å². The lowest BCUT2D eigenvalue weighted by molar-refractivity contribution is -0.141. The van der Waals surface area contributed by atoms with Crippen LogP contribution in [-0.4, -0.2) is 40.0 Å². The molecule has 1 fully saturated rings. The van der Waals surface area contributed by atoms with Crippen molar-refractivity contribution in [3.63, 3.8) is 0 Å². The van der Waals surface area contributed by atoms with E-state index in [2.05, 4.69) is 4.98 Å². The lowest BCUT2D eigenvalue weighted by Gasteiger charge is -2.15. The van der Waals surface area contributed by atoms with Crippen molar-refractivity contribution in [2.45, 2.75) is 19.3 Å². The maximum absolute atomic E-state index is 11.6. The van der Waals surface area contributed by atoms with Gasteiger partial charge in [0.25, 0.3) is 0 Å². The van der Waals surface area contributed by atoms with Gasteiger partial charge in [-0.3, -0.25) is 9.59 Å². The standard InChI is InChI=1S/C11H15N3O3S/c12-11-13-8(6-18-11)2-1-3-14-5-7(10(16)17)4-9(14)15/h6-7H,1-5H2,(H2,12,13)(H,16,17)/t7-/m0/s1. The number of carboxylic acids is 1. The maximum Gasteiger partial charge on any atom is 0.308 e. The van der Waals surface area contributed by atoms with Gasteiger partial charge in [-0.1, -0.05) is 0 Å². The third-order valence-corrected chi connectivity index (χ3v) is 3.72. The van der Waals surface area contributed by atoms with Crippen molar-refractivity contribution in [2.24, 2.45) is 5.92 Å². The predicted molar refractivity (Wildman–Crippen MR) is 67.2 cm³/mol. The molecule has 6 nitrogen and oxygen atoms in total. The first kappa shape index (κ1) is 12.8. The highest BCUT2D eigenvalue weighted by Gasteiger charge is 2.33. The molecule has 0 radical (unpaired) electrons. The number of thiazole rings is 1. The fourth-order valence-electron chi connectivity index (χ4n) is 2.04. The normalized spacial score (nSPS) is 19.4. The Kier molecular flexibility index (Phi) is 3.81. The van der Waals surface area contributed by atoms with Gasteiger partial charge in [0, 0.05) is 24.9 Å². The van der Waals surface area contributed by atoms with Gasteiger partial charge in [0.15, 0.2) is 5.13 Å². The van der Waals surface area contributed by atoms with Crippen molar-refractivity contribution < 1.29 is 14.7 Å². The molecule has 7 heteroatoms. The average Bonchev–Trinajstić information content (AvgIpc) is 2.87. The highest BCUT2D eigenvalue weighted by molar-refractivity contribution is 7.13. The Balaban J connectivity index is 1.77. The Hall–Kier alpha value is -1.63. The molecule has 1 aliphatic rings. The van der Waals surface area contributed by atoms with Gasteiger partial charge in [-0.05, 0) is 12.8 Å². The van der Waals surface area contributed by atoms with Crippen LogP contribution in [0.25, 0.3) is 0 Å². The summed E-state index contributed by atoms with van der Waals surface area (Å²) >= 11 is 1.40. The monoisotopic (exact) mass is 269 g/mol. The number of hydrogen-bond donors (Lipinski definition) is 2. The smallest absolute Gasteiger partial charge is 0.308 e. The summed E-state index contributed by atoms with van der Waals surface area (Å²) in [6, 6.07) is 0. The Morgan fingerprint density at radius 1 is 1.67 bits per heavy atom. The van der Waals surface area contributed by atoms with E-state index in [1.165, 1.54) is 11.3 Å². The minimum absolute atomic E-state index is 0.0693. The third-order valence-electron chi connectivity index (χ3n) is 2.99. The number of hydrogen-bond acceptors (Lipinski definition) is 5. The fourth-order valence-corrected chi connectivity index (χ4v) is 2.64. The summed E-state index contributed by atoms with van der Waals surface area (Å²) < 4.78 is 0. The first-order valence-corrected chi connectivity index (χ1v) is 6.64. The Labute approximate surface area is 108 Å². The number of likely N-dealkylation sites (tertiary alicyclic amines) is 1. The van der Waals surface area contributed by atoms with Crippen LogP contribution < -0.4 is 5.73 Å². The molecule has 0 spiro atoms. The van der Waals surface area contributed by atoms with Crippen LogP contribution in [0.4, 0.5) is 5.13 Å². The Bertz CT molecular complexity index is 460. The first-order valence-electron chi connectivity index (χ1n) is 5.76. The molecule has 3 N–H and O–H groups in total. The molecule has 1 aromatic heterocycles. The number of anilines is 1. The van der Waals surface area contributed by atoms with E-state index in [0.29, 0.717) is 18.2 Å². The van der Waals surface area contributed by atoms with Crippen LogP contribution >= 0.6 is 11.3 Å². The van der Waals surface area contributed by atoms with Crippen molar-refractivity contribution in [1.82, 2.24) is 9.88 Å². The third kappa shape index (κ3) is 2.98. The van der Waals surface area contributed by atoms with Crippen LogP contribution in [0.1, 0.15) is 18.5 Å². The van der Waals surface area contributed by atoms with E-state index in [1.807, 2.05) is 5.38 Å². The van der Waals surface area contributed by atoms with E-state index >= 15 is 0 Å². The fraction of sp³-hybridized carbons (Fsp3) is 0.545. The molecule has 98 valence electrons. The molecule has 0 unspecified atom stereocenters. The highest BCUT2D eigenvalue weighted by atomic mass is 32.1. The number of carboxylic acid groups (broad SMARTS) is 1. The van der Waals surface area contributed by atoms with Gasteiger partial charge in [-0.15, -0.1) is 11.3 Å². The Morgan fingerprint density at radius 2 is 2.44 bits per heavy atom. The number of aliphatic carboxylic acids is 1. The van der Waals surface area contributed by atoms with Gasteiger partial charge < -0.3 is 15.7 Å². The quantitative estimate of drug-likeness (QED) is 0.815. The predicted octanol–water partition coefficient (Wildman–Crippen LogP) is 0.591. The van der Waals surface area contributed by atoms with E-state index in [0.717, 1.165) is 18.5 Å². The van der Waals surface area contributed by atoms with Gasteiger partial charge >= 0.3 is 5.97 Å². The van der Waals surface area contributed by atoms with Crippen molar-refractivity contribution in [3.8, 4) is 0 Å². The van der Waals surface area contributed by atoms with Crippen LogP contribution in [0.2, 0.25) is 0 Å². The van der Waals surface area contributed by atoms with E-state index in [-0.39, 0.29) is 12.3 Å². The summed E-state index contributed by atoms with van der Waals surface area (Å²) in [6.07, 6.45) is 1.66. The number of nitrogens with zero attached hydrogens (tertiary/aromatic N) is 2. The highest BCUT2D eigenvalue weighted by Crippen LogP contribution is 2.19. The topological polar surface area (TPSA) is 96.5 Å².